The normalized spacial score (nSPS) is 15.8. The molecule has 1 atom stereocenters. The molecule has 3 aromatic rings. The molecular weight excluding hydrogens is 531 g/mol. The van der Waals surface area contributed by atoms with E-state index in [1.54, 1.807) is 6.07 Å². The summed E-state index contributed by atoms with van der Waals surface area (Å²) < 4.78 is 57.1. The van der Waals surface area contributed by atoms with Crippen molar-refractivity contribution in [3.05, 3.63) is 61.7 Å². The number of carboxylic acid groups (broad SMARTS) is 1. The largest absolute Gasteiger partial charge is 0.476 e. The molecule has 4 rings (SSSR count). The molecule has 15 heteroatoms. The van der Waals surface area contributed by atoms with Crippen molar-refractivity contribution in [1.82, 2.24) is 14.4 Å². The average Bonchev–Trinajstić information content (AvgIpc) is 3.17. The maximum Gasteiger partial charge on any atom is 0.356 e. The fourth-order valence-corrected chi connectivity index (χ4v) is 4.21. The van der Waals surface area contributed by atoms with E-state index in [0.717, 1.165) is 27.6 Å². The van der Waals surface area contributed by atoms with Gasteiger partial charge in [0.1, 0.15) is 22.9 Å². The zero-order valence-corrected chi connectivity index (χ0v) is 19.4. The fraction of sp³-hybridized carbons (Fsp3) is 0.286. The van der Waals surface area contributed by atoms with Gasteiger partial charge in [0.05, 0.1) is 17.3 Å². The summed E-state index contributed by atoms with van der Waals surface area (Å²) in [5.74, 6) is -5.02. The van der Waals surface area contributed by atoms with Gasteiger partial charge in [-0.05, 0) is 18.2 Å². The molecule has 0 aromatic carbocycles. The number of nitrogens with zero attached hydrogens (tertiary/aromatic N) is 5. The fourth-order valence-electron chi connectivity index (χ4n) is 3.85. The number of alkyl halides is 4. The van der Waals surface area contributed by atoms with Crippen LogP contribution >= 0.6 is 23.2 Å². The van der Waals surface area contributed by atoms with Crippen molar-refractivity contribution in [3.63, 3.8) is 0 Å². The van der Waals surface area contributed by atoms with E-state index in [2.05, 4.69) is 15.3 Å². The maximum absolute atomic E-state index is 14.3. The highest BCUT2D eigenvalue weighted by atomic mass is 35.5. The van der Waals surface area contributed by atoms with E-state index in [-0.39, 0.29) is 39.4 Å². The number of fused-ring (bicyclic) bond motifs is 1. The summed E-state index contributed by atoms with van der Waals surface area (Å²) in [6.45, 7) is -1.04. The van der Waals surface area contributed by atoms with E-state index in [4.69, 9.17) is 23.2 Å². The molecule has 0 saturated carbocycles. The highest BCUT2D eigenvalue weighted by molar-refractivity contribution is 6.30. The van der Waals surface area contributed by atoms with E-state index in [9.17, 15) is 37.5 Å². The number of carbonyl (C=O) groups is 1. The van der Waals surface area contributed by atoms with Gasteiger partial charge in [-0.15, -0.1) is 0 Å². The van der Waals surface area contributed by atoms with Gasteiger partial charge in [0.25, 0.3) is 17.9 Å². The Kier molecular flexibility index (Phi) is 6.68. The van der Waals surface area contributed by atoms with Gasteiger partial charge < -0.3 is 15.3 Å². The molecule has 188 valence electrons. The number of aromatic carboxylic acids is 1. The highest BCUT2D eigenvalue weighted by Gasteiger charge is 2.40. The summed E-state index contributed by atoms with van der Waals surface area (Å²) in [5.41, 5.74) is -3.25. The van der Waals surface area contributed by atoms with Crippen LogP contribution in [0.2, 0.25) is 10.2 Å². The summed E-state index contributed by atoms with van der Waals surface area (Å²) in [5, 5.41) is 20.9. The van der Waals surface area contributed by atoms with Crippen LogP contribution in [0.3, 0.4) is 0 Å². The molecule has 1 fully saturated rings. The summed E-state index contributed by atoms with van der Waals surface area (Å²) in [7, 11) is 0. The third-order valence-electron chi connectivity index (χ3n) is 5.44. The SMILES string of the molecule is N#Cc1c(N2CCC(F)(F)C2)nc2c([C@@H](Nc3ccc(Cl)nc3C(=O)O)C(F)F)cc(Cl)cn2c1=O. The van der Waals surface area contributed by atoms with E-state index in [1.807, 2.05) is 0 Å². The minimum absolute atomic E-state index is 0.175. The van der Waals surface area contributed by atoms with Gasteiger partial charge in [-0.1, -0.05) is 23.2 Å². The third kappa shape index (κ3) is 4.74. The van der Waals surface area contributed by atoms with Gasteiger partial charge in [0.15, 0.2) is 17.1 Å². The highest BCUT2D eigenvalue weighted by Crippen LogP contribution is 2.34. The predicted octanol–water partition coefficient (Wildman–Crippen LogP) is 4.23. The van der Waals surface area contributed by atoms with E-state index >= 15 is 0 Å². The van der Waals surface area contributed by atoms with Crippen LogP contribution < -0.4 is 15.8 Å². The monoisotopic (exact) mass is 544 g/mol. The molecule has 1 aliphatic heterocycles. The second-order valence-electron chi connectivity index (χ2n) is 7.85. The molecule has 1 saturated heterocycles. The lowest BCUT2D eigenvalue weighted by Crippen LogP contribution is -2.31. The quantitative estimate of drug-likeness (QED) is 0.349. The number of anilines is 2. The Balaban J connectivity index is 1.93. The predicted molar refractivity (Wildman–Crippen MR) is 122 cm³/mol. The molecule has 0 aliphatic carbocycles. The van der Waals surface area contributed by atoms with Crippen LogP contribution in [0, 0.1) is 11.3 Å². The van der Waals surface area contributed by atoms with Gasteiger partial charge in [0.2, 0.25) is 0 Å². The summed E-state index contributed by atoms with van der Waals surface area (Å²) in [4.78, 5) is 33.4. The second kappa shape index (κ2) is 9.44. The van der Waals surface area contributed by atoms with Crippen LogP contribution in [0.4, 0.5) is 29.1 Å². The molecule has 0 spiro atoms. The van der Waals surface area contributed by atoms with E-state index < -0.39 is 54.1 Å². The van der Waals surface area contributed by atoms with Gasteiger partial charge in [-0.3, -0.25) is 9.20 Å². The van der Waals surface area contributed by atoms with Crippen LogP contribution in [0.25, 0.3) is 5.65 Å². The lowest BCUT2D eigenvalue weighted by molar-refractivity contribution is 0.0256. The first-order chi connectivity index (χ1) is 16.9. The lowest BCUT2D eigenvalue weighted by atomic mass is 10.1. The molecule has 0 bridgehead atoms. The smallest absolute Gasteiger partial charge is 0.356 e. The number of carboxylic acids is 1. The van der Waals surface area contributed by atoms with Crippen molar-refractivity contribution < 1.29 is 27.5 Å². The molecule has 4 heterocycles. The molecule has 0 unspecified atom stereocenters. The number of nitriles is 1. The van der Waals surface area contributed by atoms with Crippen LogP contribution in [0.5, 0.6) is 0 Å². The van der Waals surface area contributed by atoms with Gasteiger partial charge in [0, 0.05) is 24.7 Å². The molecule has 0 amide bonds. The summed E-state index contributed by atoms with van der Waals surface area (Å²) in [6.07, 6.45) is -2.69. The van der Waals surface area contributed by atoms with Gasteiger partial charge >= 0.3 is 5.97 Å². The molecule has 9 nitrogen and oxygen atoms in total. The third-order valence-corrected chi connectivity index (χ3v) is 5.86. The minimum atomic E-state index is -3.20. The van der Waals surface area contributed by atoms with Crippen molar-refractivity contribution in [2.75, 3.05) is 23.3 Å². The molecule has 2 N–H and O–H groups in total. The molecule has 0 radical (unpaired) electrons. The van der Waals surface area contributed by atoms with Crippen LogP contribution in [-0.2, 0) is 0 Å². The summed E-state index contributed by atoms with van der Waals surface area (Å²) >= 11 is 11.8. The number of nitrogens with one attached hydrogen (secondary N) is 1. The van der Waals surface area contributed by atoms with Crippen molar-refractivity contribution in [2.45, 2.75) is 24.8 Å². The first kappa shape index (κ1) is 25.5. The summed E-state index contributed by atoms with van der Waals surface area (Å²) in [6, 6.07) is 3.05. The number of hydrogen-bond donors (Lipinski definition) is 2. The Morgan fingerprint density at radius 3 is 2.58 bits per heavy atom. The van der Waals surface area contributed by atoms with Crippen molar-refractivity contribution in [3.8, 4) is 6.07 Å². The number of hydrogen-bond acceptors (Lipinski definition) is 7. The number of aromatic nitrogens is 3. The Labute approximate surface area is 209 Å². The van der Waals surface area contributed by atoms with Crippen molar-refractivity contribution in [2.24, 2.45) is 0 Å². The van der Waals surface area contributed by atoms with E-state index in [1.165, 1.54) is 6.07 Å². The van der Waals surface area contributed by atoms with Crippen molar-refractivity contribution in [1.29, 1.82) is 5.26 Å². The second-order valence-corrected chi connectivity index (χ2v) is 8.68. The number of pyridine rings is 2. The average molecular weight is 545 g/mol. The number of halogens is 6. The molecule has 1 aliphatic rings. The maximum atomic E-state index is 14.3. The Hall–Kier alpha value is -3.63. The Bertz CT molecular complexity index is 1480. The Morgan fingerprint density at radius 2 is 2.00 bits per heavy atom. The first-order valence-electron chi connectivity index (χ1n) is 10.1. The lowest BCUT2D eigenvalue weighted by Gasteiger charge is -2.23. The molecular formula is C21H14Cl2F4N6O3. The minimum Gasteiger partial charge on any atom is -0.476 e. The first-order valence-corrected chi connectivity index (χ1v) is 10.9. The van der Waals surface area contributed by atoms with Crippen LogP contribution in [-0.4, -0.2) is 50.9 Å². The van der Waals surface area contributed by atoms with Crippen LogP contribution in [0.1, 0.15) is 34.1 Å². The zero-order valence-electron chi connectivity index (χ0n) is 17.9. The van der Waals surface area contributed by atoms with Crippen molar-refractivity contribution >= 4 is 46.3 Å². The number of rotatable bonds is 6. The van der Waals surface area contributed by atoms with Gasteiger partial charge in [-0.2, -0.15) is 5.26 Å². The zero-order chi connectivity index (χ0) is 26.4. The standard InChI is InChI=1S/C21H14Cl2F4N6O3/c22-9-5-10(14(16(24)25)29-12-1-2-13(23)30-15(12)20(35)36)18-31-17(32-4-3-21(26,27)8-32)11(6-28)19(34)33(18)7-9/h1-2,5,7,14,16,29H,3-4,8H2,(H,35,36)/t14-/m1/s1. The van der Waals surface area contributed by atoms with Gasteiger partial charge in [-0.25, -0.2) is 32.3 Å². The van der Waals surface area contributed by atoms with E-state index in [0.29, 0.717) is 0 Å². The molecule has 3 aromatic heterocycles. The molecule has 36 heavy (non-hydrogen) atoms. The van der Waals surface area contributed by atoms with Crippen LogP contribution in [0.15, 0.2) is 29.2 Å². The Morgan fingerprint density at radius 1 is 1.28 bits per heavy atom. The topological polar surface area (TPSA) is 124 Å².